The van der Waals surface area contributed by atoms with Crippen LogP contribution in [0.25, 0.3) is 0 Å². The molecule has 0 aromatic heterocycles. The molecule has 0 saturated carbocycles. The summed E-state index contributed by atoms with van der Waals surface area (Å²) in [5.41, 5.74) is 7.86. The van der Waals surface area contributed by atoms with Gasteiger partial charge in [0.1, 0.15) is 0 Å². The van der Waals surface area contributed by atoms with Gasteiger partial charge in [0.05, 0.1) is 5.56 Å². The summed E-state index contributed by atoms with van der Waals surface area (Å²) >= 11 is 0. The number of hydrogen-bond acceptors (Lipinski definition) is 3. The molecule has 0 aliphatic heterocycles. The van der Waals surface area contributed by atoms with E-state index in [1.807, 2.05) is 25.1 Å². The number of carbonyl (C=O) groups is 1. The molecule has 0 unspecified atom stereocenters. The summed E-state index contributed by atoms with van der Waals surface area (Å²) in [5.74, 6) is 0.520. The van der Waals surface area contributed by atoms with Crippen molar-refractivity contribution in [3.8, 4) is 0 Å². The number of rotatable bonds is 5. The molecule has 18 heavy (non-hydrogen) atoms. The van der Waals surface area contributed by atoms with Gasteiger partial charge in [0, 0.05) is 32.0 Å². The number of amides is 1. The van der Waals surface area contributed by atoms with E-state index in [0.29, 0.717) is 23.7 Å². The van der Waals surface area contributed by atoms with Crippen molar-refractivity contribution in [3.05, 3.63) is 23.8 Å². The molecule has 0 fully saturated rings. The second-order valence-corrected chi connectivity index (χ2v) is 5.11. The minimum Gasteiger partial charge on any atom is -0.399 e. The van der Waals surface area contributed by atoms with Crippen molar-refractivity contribution in [1.82, 2.24) is 5.32 Å². The lowest BCUT2D eigenvalue weighted by Gasteiger charge is -2.17. The van der Waals surface area contributed by atoms with E-state index in [2.05, 4.69) is 19.2 Å². The molecule has 4 heteroatoms. The minimum atomic E-state index is -0.0633. The number of hydrogen-bond donors (Lipinski definition) is 2. The van der Waals surface area contributed by atoms with Gasteiger partial charge in [0.15, 0.2) is 0 Å². The van der Waals surface area contributed by atoms with Crippen LogP contribution >= 0.6 is 0 Å². The monoisotopic (exact) mass is 249 g/mol. The standard InChI is InChI=1S/C14H23N3O/c1-10(2)7-8-16-14(18)12-9-11(15)5-6-13(12)17(3)4/h5-6,9-10H,7-8,15H2,1-4H3,(H,16,18). The SMILES string of the molecule is CC(C)CCNC(=O)c1cc(N)ccc1N(C)C. The maximum absolute atomic E-state index is 12.1. The van der Waals surface area contributed by atoms with E-state index in [9.17, 15) is 4.79 Å². The first kappa shape index (κ1) is 14.4. The molecule has 1 aromatic rings. The lowest BCUT2D eigenvalue weighted by Crippen LogP contribution is -2.27. The largest absolute Gasteiger partial charge is 0.399 e. The predicted octanol–water partition coefficient (Wildman–Crippen LogP) is 2.11. The van der Waals surface area contributed by atoms with Crippen LogP contribution in [0.3, 0.4) is 0 Å². The van der Waals surface area contributed by atoms with E-state index in [1.54, 1.807) is 12.1 Å². The van der Waals surface area contributed by atoms with Crippen molar-refractivity contribution < 1.29 is 4.79 Å². The van der Waals surface area contributed by atoms with Crippen LogP contribution in [0.4, 0.5) is 11.4 Å². The van der Waals surface area contributed by atoms with Gasteiger partial charge in [-0.25, -0.2) is 0 Å². The average molecular weight is 249 g/mol. The van der Waals surface area contributed by atoms with Crippen molar-refractivity contribution in [2.45, 2.75) is 20.3 Å². The van der Waals surface area contributed by atoms with Crippen molar-refractivity contribution in [2.24, 2.45) is 5.92 Å². The van der Waals surface area contributed by atoms with Gasteiger partial charge in [-0.2, -0.15) is 0 Å². The molecule has 0 aliphatic carbocycles. The molecule has 0 spiro atoms. The van der Waals surface area contributed by atoms with E-state index in [-0.39, 0.29) is 5.91 Å². The third-order valence-electron chi connectivity index (χ3n) is 2.75. The lowest BCUT2D eigenvalue weighted by molar-refractivity contribution is 0.0952. The molecule has 100 valence electrons. The first-order valence-electron chi connectivity index (χ1n) is 6.27. The molecule has 3 N–H and O–H groups in total. The van der Waals surface area contributed by atoms with Crippen LogP contribution in [0.15, 0.2) is 18.2 Å². The fourth-order valence-electron chi connectivity index (χ4n) is 1.70. The number of benzene rings is 1. The zero-order chi connectivity index (χ0) is 13.7. The van der Waals surface area contributed by atoms with Crippen LogP contribution in [-0.2, 0) is 0 Å². The molecule has 1 rings (SSSR count). The number of nitrogen functional groups attached to an aromatic ring is 1. The van der Waals surface area contributed by atoms with Gasteiger partial charge in [-0.1, -0.05) is 13.8 Å². The van der Waals surface area contributed by atoms with E-state index < -0.39 is 0 Å². The molecule has 1 amide bonds. The molecule has 0 saturated heterocycles. The predicted molar refractivity (Wildman–Crippen MR) is 77.0 cm³/mol. The molecule has 0 bridgehead atoms. The Labute approximate surface area is 109 Å². The Morgan fingerprint density at radius 2 is 2.06 bits per heavy atom. The summed E-state index contributed by atoms with van der Waals surface area (Å²) in [6.07, 6.45) is 0.978. The highest BCUT2D eigenvalue weighted by atomic mass is 16.1. The van der Waals surface area contributed by atoms with Gasteiger partial charge in [-0.05, 0) is 30.5 Å². The number of nitrogens with zero attached hydrogens (tertiary/aromatic N) is 1. The third-order valence-corrected chi connectivity index (χ3v) is 2.75. The Kier molecular flexibility index (Phi) is 5.01. The molecule has 0 heterocycles. The molecule has 1 aromatic carbocycles. The van der Waals surface area contributed by atoms with Crippen LogP contribution < -0.4 is 16.0 Å². The van der Waals surface area contributed by atoms with Gasteiger partial charge in [-0.3, -0.25) is 4.79 Å². The van der Waals surface area contributed by atoms with Crippen molar-refractivity contribution in [3.63, 3.8) is 0 Å². The highest BCUT2D eigenvalue weighted by Crippen LogP contribution is 2.21. The van der Waals surface area contributed by atoms with Gasteiger partial charge in [0.2, 0.25) is 0 Å². The molecule has 0 aliphatic rings. The van der Waals surface area contributed by atoms with E-state index in [0.717, 1.165) is 12.1 Å². The number of carbonyl (C=O) groups excluding carboxylic acids is 1. The van der Waals surface area contributed by atoms with Gasteiger partial charge >= 0.3 is 0 Å². The summed E-state index contributed by atoms with van der Waals surface area (Å²) in [5, 5.41) is 2.93. The molecule has 0 atom stereocenters. The molecule has 4 nitrogen and oxygen atoms in total. The Bertz CT molecular complexity index is 414. The zero-order valence-corrected chi connectivity index (χ0v) is 11.7. The summed E-state index contributed by atoms with van der Waals surface area (Å²) in [6, 6.07) is 5.40. The van der Waals surface area contributed by atoms with Crippen LogP contribution in [0, 0.1) is 5.92 Å². The fourth-order valence-corrected chi connectivity index (χ4v) is 1.70. The fraction of sp³-hybridized carbons (Fsp3) is 0.500. The van der Waals surface area contributed by atoms with E-state index >= 15 is 0 Å². The minimum absolute atomic E-state index is 0.0633. The van der Waals surface area contributed by atoms with Crippen molar-refractivity contribution in [1.29, 1.82) is 0 Å². The highest BCUT2D eigenvalue weighted by molar-refractivity contribution is 6.00. The molecule has 0 radical (unpaired) electrons. The molecular formula is C14H23N3O. The smallest absolute Gasteiger partial charge is 0.253 e. The summed E-state index contributed by atoms with van der Waals surface area (Å²) in [4.78, 5) is 14.0. The summed E-state index contributed by atoms with van der Waals surface area (Å²) in [6.45, 7) is 4.97. The van der Waals surface area contributed by atoms with Crippen LogP contribution in [0.1, 0.15) is 30.6 Å². The quantitative estimate of drug-likeness (QED) is 0.786. The van der Waals surface area contributed by atoms with Crippen molar-refractivity contribution in [2.75, 3.05) is 31.3 Å². The number of anilines is 2. The second-order valence-electron chi connectivity index (χ2n) is 5.11. The van der Waals surface area contributed by atoms with Crippen LogP contribution in [-0.4, -0.2) is 26.5 Å². The number of nitrogens with two attached hydrogens (primary N) is 1. The van der Waals surface area contributed by atoms with E-state index in [4.69, 9.17) is 5.73 Å². The normalized spacial score (nSPS) is 10.5. The van der Waals surface area contributed by atoms with Crippen LogP contribution in [0.5, 0.6) is 0 Å². The van der Waals surface area contributed by atoms with E-state index in [1.165, 1.54) is 0 Å². The Hall–Kier alpha value is -1.71. The van der Waals surface area contributed by atoms with Crippen LogP contribution in [0.2, 0.25) is 0 Å². The Balaban J connectivity index is 2.80. The summed E-state index contributed by atoms with van der Waals surface area (Å²) in [7, 11) is 3.83. The zero-order valence-electron chi connectivity index (χ0n) is 11.7. The highest BCUT2D eigenvalue weighted by Gasteiger charge is 2.12. The first-order valence-corrected chi connectivity index (χ1v) is 6.27. The lowest BCUT2D eigenvalue weighted by atomic mass is 10.1. The maximum Gasteiger partial charge on any atom is 0.253 e. The average Bonchev–Trinajstić information content (AvgIpc) is 2.27. The number of nitrogens with one attached hydrogen (secondary N) is 1. The first-order chi connectivity index (χ1) is 8.41. The van der Waals surface area contributed by atoms with Gasteiger partial charge < -0.3 is 16.0 Å². The Morgan fingerprint density at radius 3 is 2.61 bits per heavy atom. The third kappa shape index (κ3) is 3.95. The maximum atomic E-state index is 12.1. The van der Waals surface area contributed by atoms with Gasteiger partial charge in [-0.15, -0.1) is 0 Å². The van der Waals surface area contributed by atoms with Crippen molar-refractivity contribution >= 4 is 17.3 Å². The topological polar surface area (TPSA) is 58.4 Å². The summed E-state index contributed by atoms with van der Waals surface area (Å²) < 4.78 is 0. The molecular weight excluding hydrogens is 226 g/mol. The Morgan fingerprint density at radius 1 is 1.39 bits per heavy atom. The second kappa shape index (κ2) is 6.28. The van der Waals surface area contributed by atoms with Gasteiger partial charge in [0.25, 0.3) is 5.91 Å².